The molecule has 38 heavy (non-hydrogen) atoms. The zero-order valence-corrected chi connectivity index (χ0v) is 20.8. The van der Waals surface area contributed by atoms with Gasteiger partial charge in [-0.2, -0.15) is 0 Å². The molecule has 10 N–H and O–H groups in total. The third-order valence-electron chi connectivity index (χ3n) is 5.49. The number of hydrogen-bond acceptors (Lipinski definition) is 8. The summed E-state index contributed by atoms with van der Waals surface area (Å²) in [4.78, 5) is 72.0. The van der Waals surface area contributed by atoms with Crippen molar-refractivity contribution in [3.63, 3.8) is 0 Å². The Kier molecular flexibility index (Phi) is 14.0. The van der Waals surface area contributed by atoms with E-state index in [2.05, 4.69) is 16.0 Å². The summed E-state index contributed by atoms with van der Waals surface area (Å²) in [5.41, 5.74) is 12.2. The summed E-state index contributed by atoms with van der Waals surface area (Å²) in [7, 11) is 0. The first kappa shape index (κ1) is 32.0. The first-order valence-corrected chi connectivity index (χ1v) is 12.0. The van der Waals surface area contributed by atoms with Gasteiger partial charge in [0.15, 0.2) is 0 Å². The van der Waals surface area contributed by atoms with Crippen LogP contribution in [0.15, 0.2) is 30.3 Å². The number of carboxylic acid groups (broad SMARTS) is 3. The zero-order chi connectivity index (χ0) is 28.7. The van der Waals surface area contributed by atoms with Gasteiger partial charge in [0, 0.05) is 6.42 Å². The number of hydrogen-bond donors (Lipinski definition) is 8. The summed E-state index contributed by atoms with van der Waals surface area (Å²) in [5, 5.41) is 34.2. The summed E-state index contributed by atoms with van der Waals surface area (Å²) in [6.07, 6.45) is -0.714. The predicted octanol–water partition coefficient (Wildman–Crippen LogP) is -1.44. The Morgan fingerprint density at radius 3 is 1.87 bits per heavy atom. The maximum atomic E-state index is 12.9. The number of carbonyl (C=O) groups is 6. The smallest absolute Gasteiger partial charge is 0.326 e. The first-order chi connectivity index (χ1) is 17.9. The summed E-state index contributed by atoms with van der Waals surface area (Å²) >= 11 is 0. The van der Waals surface area contributed by atoms with Crippen LogP contribution in [-0.2, 0) is 35.2 Å². The topological polar surface area (TPSA) is 251 Å². The van der Waals surface area contributed by atoms with Crippen LogP contribution >= 0.6 is 0 Å². The van der Waals surface area contributed by atoms with E-state index in [0.717, 1.165) is 5.56 Å². The molecule has 3 amide bonds. The van der Waals surface area contributed by atoms with Crippen LogP contribution in [0.1, 0.15) is 44.1 Å². The van der Waals surface area contributed by atoms with Crippen LogP contribution in [0.2, 0.25) is 0 Å². The minimum atomic E-state index is -1.58. The Morgan fingerprint density at radius 2 is 1.32 bits per heavy atom. The van der Waals surface area contributed by atoms with Crippen molar-refractivity contribution in [1.82, 2.24) is 16.0 Å². The molecule has 0 fully saturated rings. The van der Waals surface area contributed by atoms with E-state index in [4.69, 9.17) is 16.6 Å². The van der Waals surface area contributed by atoms with E-state index >= 15 is 0 Å². The highest BCUT2D eigenvalue weighted by atomic mass is 16.4. The average molecular weight is 538 g/mol. The molecule has 0 saturated carbocycles. The Morgan fingerprint density at radius 1 is 0.737 bits per heavy atom. The summed E-state index contributed by atoms with van der Waals surface area (Å²) in [6, 6.07) is 3.31. The Hall–Kier alpha value is -4.04. The molecule has 14 heteroatoms. The molecule has 0 aliphatic carbocycles. The van der Waals surface area contributed by atoms with Gasteiger partial charge in [-0.1, -0.05) is 30.3 Å². The molecule has 0 bridgehead atoms. The normalized spacial score (nSPS) is 13.8. The van der Waals surface area contributed by atoms with Crippen LogP contribution < -0.4 is 27.4 Å². The van der Waals surface area contributed by atoms with E-state index in [1.165, 1.54) is 0 Å². The van der Waals surface area contributed by atoms with Gasteiger partial charge in [0.1, 0.15) is 18.1 Å². The van der Waals surface area contributed by atoms with Crippen molar-refractivity contribution < 1.29 is 44.1 Å². The van der Waals surface area contributed by atoms with Gasteiger partial charge < -0.3 is 42.7 Å². The van der Waals surface area contributed by atoms with Gasteiger partial charge in [-0.15, -0.1) is 0 Å². The van der Waals surface area contributed by atoms with Gasteiger partial charge in [-0.3, -0.25) is 24.0 Å². The van der Waals surface area contributed by atoms with Crippen molar-refractivity contribution in [1.29, 1.82) is 0 Å². The standard InChI is InChI=1S/C24H35N5O9/c25-11-5-4-8-16(22(35)28-17(24(37)38)9-10-19(30)31)27-23(36)18(13-20(32)33)29-21(34)15(26)12-14-6-2-1-3-7-14/h1-3,6-7,15-18H,4-5,8-13,25-26H2,(H,27,36)(H,28,35)(H,29,34)(H,30,31)(H,32,33)(H,37,38). The molecule has 1 aromatic rings. The van der Waals surface area contributed by atoms with Crippen LogP contribution in [0.3, 0.4) is 0 Å². The second-order valence-electron chi connectivity index (χ2n) is 8.63. The summed E-state index contributed by atoms with van der Waals surface area (Å²) < 4.78 is 0. The quantitative estimate of drug-likeness (QED) is 0.101. The molecule has 1 rings (SSSR count). The van der Waals surface area contributed by atoms with Gasteiger partial charge in [0.2, 0.25) is 17.7 Å². The van der Waals surface area contributed by atoms with Crippen LogP contribution in [0.25, 0.3) is 0 Å². The maximum absolute atomic E-state index is 12.9. The Labute approximate surface area is 219 Å². The van der Waals surface area contributed by atoms with Crippen molar-refractivity contribution >= 4 is 35.6 Å². The number of rotatable bonds is 18. The van der Waals surface area contributed by atoms with E-state index < -0.39 is 79.1 Å². The van der Waals surface area contributed by atoms with E-state index in [-0.39, 0.29) is 19.4 Å². The lowest BCUT2D eigenvalue weighted by Gasteiger charge is -2.24. The van der Waals surface area contributed by atoms with Crippen molar-refractivity contribution in [3.8, 4) is 0 Å². The molecule has 0 aromatic heterocycles. The third-order valence-corrected chi connectivity index (χ3v) is 5.49. The highest BCUT2D eigenvalue weighted by Crippen LogP contribution is 2.07. The lowest BCUT2D eigenvalue weighted by Crippen LogP contribution is -2.57. The molecular formula is C24H35N5O9. The molecule has 0 aliphatic heterocycles. The van der Waals surface area contributed by atoms with E-state index in [1.54, 1.807) is 30.3 Å². The van der Waals surface area contributed by atoms with E-state index in [9.17, 15) is 39.0 Å². The van der Waals surface area contributed by atoms with Gasteiger partial charge in [0.25, 0.3) is 0 Å². The van der Waals surface area contributed by atoms with Crippen LogP contribution in [0.4, 0.5) is 0 Å². The van der Waals surface area contributed by atoms with Gasteiger partial charge in [-0.05, 0) is 44.2 Å². The number of nitrogens with two attached hydrogens (primary N) is 2. The van der Waals surface area contributed by atoms with Crippen molar-refractivity contribution in [2.75, 3.05) is 6.54 Å². The minimum Gasteiger partial charge on any atom is -0.481 e. The molecule has 0 spiro atoms. The average Bonchev–Trinajstić information content (AvgIpc) is 2.85. The Bertz CT molecular complexity index is 973. The SMILES string of the molecule is NCCCCC(NC(=O)C(CC(=O)O)NC(=O)C(N)Cc1ccccc1)C(=O)NC(CCC(=O)O)C(=O)O. The number of benzene rings is 1. The largest absolute Gasteiger partial charge is 0.481 e. The van der Waals surface area contributed by atoms with Gasteiger partial charge in [0.05, 0.1) is 12.5 Å². The molecule has 4 atom stereocenters. The maximum Gasteiger partial charge on any atom is 0.326 e. The molecule has 14 nitrogen and oxygen atoms in total. The zero-order valence-electron chi connectivity index (χ0n) is 20.8. The molecule has 1 aromatic carbocycles. The van der Waals surface area contributed by atoms with Crippen LogP contribution in [0, 0.1) is 0 Å². The third kappa shape index (κ3) is 12.3. The fraction of sp³-hybridized carbons (Fsp3) is 0.500. The van der Waals surface area contributed by atoms with Crippen molar-refractivity contribution in [2.24, 2.45) is 11.5 Å². The first-order valence-electron chi connectivity index (χ1n) is 12.0. The molecule has 0 saturated heterocycles. The molecule has 0 heterocycles. The highest BCUT2D eigenvalue weighted by Gasteiger charge is 2.31. The second kappa shape index (κ2) is 16.7. The summed E-state index contributed by atoms with van der Waals surface area (Å²) in [6.45, 7) is 0.287. The molecule has 4 unspecified atom stereocenters. The highest BCUT2D eigenvalue weighted by molar-refractivity contribution is 5.95. The van der Waals surface area contributed by atoms with Crippen molar-refractivity contribution in [2.45, 2.75) is 69.1 Å². The second-order valence-corrected chi connectivity index (χ2v) is 8.63. The van der Waals surface area contributed by atoms with Crippen molar-refractivity contribution in [3.05, 3.63) is 35.9 Å². The lowest BCUT2D eigenvalue weighted by atomic mass is 10.0. The van der Waals surface area contributed by atoms with Gasteiger partial charge >= 0.3 is 17.9 Å². The molecular weight excluding hydrogens is 502 g/mol. The van der Waals surface area contributed by atoms with E-state index in [0.29, 0.717) is 12.8 Å². The van der Waals surface area contributed by atoms with Crippen LogP contribution in [0.5, 0.6) is 0 Å². The fourth-order valence-corrected chi connectivity index (χ4v) is 3.45. The monoisotopic (exact) mass is 537 g/mol. The predicted molar refractivity (Wildman–Crippen MR) is 134 cm³/mol. The molecule has 0 aliphatic rings. The molecule has 210 valence electrons. The molecule has 0 radical (unpaired) electrons. The lowest BCUT2D eigenvalue weighted by molar-refractivity contribution is -0.144. The minimum absolute atomic E-state index is 0.0291. The van der Waals surface area contributed by atoms with Gasteiger partial charge in [-0.25, -0.2) is 4.79 Å². The van der Waals surface area contributed by atoms with Crippen LogP contribution in [-0.4, -0.2) is 81.7 Å². The number of unbranched alkanes of at least 4 members (excludes halogenated alkanes) is 1. The number of amides is 3. The number of nitrogens with one attached hydrogen (secondary N) is 3. The fourth-order valence-electron chi connectivity index (χ4n) is 3.45. The Balaban J connectivity index is 2.97. The number of carboxylic acids is 3. The summed E-state index contributed by atoms with van der Waals surface area (Å²) in [5.74, 6) is -6.79. The number of aliphatic carboxylic acids is 3. The number of carbonyl (C=O) groups excluding carboxylic acids is 3. The van der Waals surface area contributed by atoms with E-state index in [1.807, 2.05) is 0 Å².